The Morgan fingerprint density at radius 2 is 1.81 bits per heavy atom. The van der Waals surface area contributed by atoms with Gasteiger partial charge in [0.05, 0.1) is 31.4 Å². The van der Waals surface area contributed by atoms with E-state index in [1.54, 1.807) is 49.8 Å². The third kappa shape index (κ3) is 4.69. The number of ketones is 1. The monoisotopic (exact) mass is 486 g/mol. The van der Waals surface area contributed by atoms with Crippen molar-refractivity contribution >= 4 is 17.4 Å². The van der Waals surface area contributed by atoms with Gasteiger partial charge >= 0.3 is 0 Å². The van der Waals surface area contributed by atoms with Gasteiger partial charge in [-0.15, -0.1) is 0 Å². The van der Waals surface area contributed by atoms with Crippen LogP contribution in [-0.2, 0) is 21.5 Å². The molecule has 186 valence electrons. The molecule has 1 atom stereocenters. The van der Waals surface area contributed by atoms with Gasteiger partial charge in [-0.2, -0.15) is 0 Å². The van der Waals surface area contributed by atoms with Crippen LogP contribution in [0.4, 0.5) is 0 Å². The molecule has 0 aliphatic carbocycles. The minimum atomic E-state index is -0.830. The zero-order valence-electron chi connectivity index (χ0n) is 21.1. The standard InChI is InChI=1S/C29H30N2O5/c1-29(2,3)20-11-12-23(36-5)22(15-20)26(32)24-25(19-9-6-10-21(14-19)35-4)31(28(34)27(24)33)17-18-8-7-13-30-16-18/h6-16,25,32H,17H2,1-5H3/b26-24+. The first-order valence-corrected chi connectivity index (χ1v) is 11.7. The summed E-state index contributed by atoms with van der Waals surface area (Å²) in [6.07, 6.45) is 3.30. The second-order valence-corrected chi connectivity index (χ2v) is 9.73. The zero-order chi connectivity index (χ0) is 26.0. The maximum Gasteiger partial charge on any atom is 0.295 e. The van der Waals surface area contributed by atoms with Crippen LogP contribution in [0.15, 0.2) is 72.6 Å². The molecular weight excluding hydrogens is 456 g/mol. The third-order valence-electron chi connectivity index (χ3n) is 6.35. The number of aliphatic hydroxyl groups excluding tert-OH is 1. The molecule has 7 nitrogen and oxygen atoms in total. The van der Waals surface area contributed by atoms with Crippen LogP contribution in [0.5, 0.6) is 11.5 Å². The number of aromatic nitrogens is 1. The molecule has 3 aromatic rings. The van der Waals surface area contributed by atoms with E-state index < -0.39 is 17.7 Å². The van der Waals surface area contributed by atoms with Gasteiger partial charge in [0, 0.05) is 18.9 Å². The fourth-order valence-corrected chi connectivity index (χ4v) is 4.39. The van der Waals surface area contributed by atoms with E-state index in [0.29, 0.717) is 22.6 Å². The number of hydrogen-bond acceptors (Lipinski definition) is 6. The van der Waals surface area contributed by atoms with Crippen LogP contribution in [0.1, 0.15) is 49.1 Å². The molecule has 0 saturated carbocycles. The Morgan fingerprint density at radius 1 is 1.03 bits per heavy atom. The number of Topliss-reactive ketones (excluding diaryl/α,β-unsaturated/α-hetero) is 1. The number of aliphatic hydroxyl groups is 1. The Hall–Kier alpha value is -4.13. The minimum Gasteiger partial charge on any atom is -0.507 e. The predicted molar refractivity (Wildman–Crippen MR) is 137 cm³/mol. The predicted octanol–water partition coefficient (Wildman–Crippen LogP) is 5.02. The van der Waals surface area contributed by atoms with Gasteiger partial charge in [0.25, 0.3) is 11.7 Å². The molecule has 1 N–H and O–H groups in total. The molecule has 2 aromatic carbocycles. The first-order chi connectivity index (χ1) is 17.2. The van der Waals surface area contributed by atoms with Gasteiger partial charge in [-0.1, -0.05) is 45.0 Å². The second-order valence-electron chi connectivity index (χ2n) is 9.73. The molecule has 1 amide bonds. The van der Waals surface area contributed by atoms with Gasteiger partial charge < -0.3 is 19.5 Å². The van der Waals surface area contributed by atoms with Gasteiger partial charge in [0.1, 0.15) is 17.3 Å². The summed E-state index contributed by atoms with van der Waals surface area (Å²) in [6.45, 7) is 6.32. The second kappa shape index (κ2) is 9.85. The lowest BCUT2D eigenvalue weighted by Crippen LogP contribution is -2.29. The van der Waals surface area contributed by atoms with E-state index in [4.69, 9.17) is 9.47 Å². The summed E-state index contributed by atoms with van der Waals surface area (Å²) in [6, 6.07) is 15.4. The molecule has 1 fully saturated rings. The first-order valence-electron chi connectivity index (χ1n) is 11.7. The Labute approximate surface area is 211 Å². The summed E-state index contributed by atoms with van der Waals surface area (Å²) in [7, 11) is 3.05. The van der Waals surface area contributed by atoms with E-state index in [2.05, 4.69) is 25.8 Å². The number of ether oxygens (including phenoxy) is 2. The number of carbonyl (C=O) groups is 2. The van der Waals surface area contributed by atoms with Crippen molar-refractivity contribution < 1.29 is 24.2 Å². The summed E-state index contributed by atoms with van der Waals surface area (Å²) in [5.74, 6) is -0.750. The Morgan fingerprint density at radius 3 is 2.44 bits per heavy atom. The Kier molecular flexibility index (Phi) is 6.84. The lowest BCUT2D eigenvalue weighted by molar-refractivity contribution is -0.140. The van der Waals surface area contributed by atoms with E-state index in [1.165, 1.54) is 12.0 Å². The average molecular weight is 487 g/mol. The molecule has 0 spiro atoms. The van der Waals surface area contributed by atoms with E-state index in [0.717, 1.165) is 11.1 Å². The highest BCUT2D eigenvalue weighted by molar-refractivity contribution is 6.46. The third-order valence-corrected chi connectivity index (χ3v) is 6.35. The van der Waals surface area contributed by atoms with E-state index in [9.17, 15) is 14.7 Å². The number of nitrogens with zero attached hydrogens (tertiary/aromatic N) is 2. The Balaban J connectivity index is 1.94. The number of amides is 1. The molecule has 1 aromatic heterocycles. The smallest absolute Gasteiger partial charge is 0.295 e. The molecule has 4 rings (SSSR count). The molecule has 1 unspecified atom stereocenters. The van der Waals surface area contributed by atoms with E-state index in [-0.39, 0.29) is 23.3 Å². The van der Waals surface area contributed by atoms with Crippen molar-refractivity contribution in [2.45, 2.75) is 38.8 Å². The Bertz CT molecular complexity index is 1320. The summed E-state index contributed by atoms with van der Waals surface area (Å²) < 4.78 is 10.9. The highest BCUT2D eigenvalue weighted by atomic mass is 16.5. The van der Waals surface area contributed by atoms with Crippen LogP contribution in [0, 0.1) is 0 Å². The highest BCUT2D eigenvalue weighted by Gasteiger charge is 2.46. The van der Waals surface area contributed by atoms with E-state index in [1.807, 2.05) is 24.3 Å². The van der Waals surface area contributed by atoms with E-state index >= 15 is 0 Å². The maximum atomic E-state index is 13.4. The number of methoxy groups -OCH3 is 2. The largest absolute Gasteiger partial charge is 0.507 e. The van der Waals surface area contributed by atoms with Crippen LogP contribution in [-0.4, -0.2) is 40.9 Å². The average Bonchev–Trinajstić information content (AvgIpc) is 3.13. The van der Waals surface area contributed by atoms with Crippen molar-refractivity contribution in [3.63, 3.8) is 0 Å². The maximum absolute atomic E-state index is 13.4. The lowest BCUT2D eigenvalue weighted by Gasteiger charge is -2.26. The summed E-state index contributed by atoms with van der Waals surface area (Å²) in [5.41, 5.74) is 2.51. The SMILES string of the molecule is COc1cccc(C2/C(=C(\O)c3cc(C(C)(C)C)ccc3OC)C(=O)C(=O)N2Cc2cccnc2)c1. The molecule has 1 aliphatic rings. The van der Waals surface area contributed by atoms with Crippen LogP contribution in [0.3, 0.4) is 0 Å². The van der Waals surface area contributed by atoms with Crippen LogP contribution >= 0.6 is 0 Å². The van der Waals surface area contributed by atoms with Gasteiger partial charge in [-0.25, -0.2) is 0 Å². The molecular formula is C29H30N2O5. The quantitative estimate of drug-likeness (QED) is 0.299. The number of rotatable bonds is 6. The highest BCUT2D eigenvalue weighted by Crippen LogP contribution is 2.43. The molecule has 0 bridgehead atoms. The van der Waals surface area contributed by atoms with Gasteiger partial charge in [-0.3, -0.25) is 14.6 Å². The van der Waals surface area contributed by atoms with Gasteiger partial charge in [0.15, 0.2) is 0 Å². The number of benzene rings is 2. The van der Waals surface area contributed by atoms with Crippen LogP contribution in [0.2, 0.25) is 0 Å². The number of carbonyl (C=O) groups excluding carboxylic acids is 2. The topological polar surface area (TPSA) is 89.0 Å². The molecule has 1 aliphatic heterocycles. The van der Waals surface area contributed by atoms with Gasteiger partial charge in [0.2, 0.25) is 0 Å². The molecule has 7 heteroatoms. The summed E-state index contributed by atoms with van der Waals surface area (Å²) in [4.78, 5) is 32.4. The minimum absolute atomic E-state index is 0.00139. The lowest BCUT2D eigenvalue weighted by atomic mass is 9.85. The summed E-state index contributed by atoms with van der Waals surface area (Å²) >= 11 is 0. The number of likely N-dealkylation sites (tertiary alicyclic amines) is 1. The molecule has 0 radical (unpaired) electrons. The van der Waals surface area contributed by atoms with Gasteiger partial charge in [-0.05, 0) is 52.4 Å². The van der Waals surface area contributed by atoms with Crippen molar-refractivity contribution in [1.29, 1.82) is 0 Å². The van der Waals surface area contributed by atoms with Crippen molar-refractivity contribution in [1.82, 2.24) is 9.88 Å². The first kappa shape index (κ1) is 25.0. The van der Waals surface area contributed by atoms with Crippen molar-refractivity contribution in [2.24, 2.45) is 0 Å². The van der Waals surface area contributed by atoms with Crippen LogP contribution < -0.4 is 9.47 Å². The molecule has 36 heavy (non-hydrogen) atoms. The molecule has 2 heterocycles. The summed E-state index contributed by atoms with van der Waals surface area (Å²) in [5, 5.41) is 11.6. The fourth-order valence-electron chi connectivity index (χ4n) is 4.39. The number of hydrogen-bond donors (Lipinski definition) is 1. The van der Waals surface area contributed by atoms with Crippen molar-refractivity contribution in [2.75, 3.05) is 14.2 Å². The number of pyridine rings is 1. The molecule has 1 saturated heterocycles. The van der Waals surface area contributed by atoms with Crippen molar-refractivity contribution in [3.05, 3.63) is 94.8 Å². The van der Waals surface area contributed by atoms with Crippen LogP contribution in [0.25, 0.3) is 5.76 Å². The normalized spacial score (nSPS) is 17.4. The fraction of sp³-hybridized carbons (Fsp3) is 0.276. The zero-order valence-corrected chi connectivity index (χ0v) is 21.1. The van der Waals surface area contributed by atoms with Crippen molar-refractivity contribution in [3.8, 4) is 11.5 Å².